The minimum absolute atomic E-state index is 0.0806. The van der Waals surface area contributed by atoms with Gasteiger partial charge in [-0.15, -0.1) is 0 Å². The maximum absolute atomic E-state index is 12.4. The third kappa shape index (κ3) is 4.73. The minimum atomic E-state index is -3.58. The number of benzene rings is 2. The van der Waals surface area contributed by atoms with Crippen LogP contribution in [0.1, 0.15) is 39.2 Å². The first kappa shape index (κ1) is 17.3. The van der Waals surface area contributed by atoms with Crippen molar-refractivity contribution in [2.24, 2.45) is 0 Å². The van der Waals surface area contributed by atoms with Crippen molar-refractivity contribution in [3.63, 3.8) is 0 Å². The number of anilines is 1. The summed E-state index contributed by atoms with van der Waals surface area (Å²) in [4.78, 5) is 0.254. The highest BCUT2D eigenvalue weighted by atomic mass is 32.2. The number of sulfonamides is 1. The molecule has 1 N–H and O–H groups in total. The summed E-state index contributed by atoms with van der Waals surface area (Å²) < 4.78 is 32.9. The second kappa shape index (κ2) is 7.04. The van der Waals surface area contributed by atoms with E-state index in [-0.39, 0.29) is 11.0 Å². The van der Waals surface area contributed by atoms with Gasteiger partial charge in [-0.1, -0.05) is 26.0 Å². The second-order valence-corrected chi connectivity index (χ2v) is 7.70. The van der Waals surface area contributed by atoms with Crippen molar-refractivity contribution in [1.82, 2.24) is 0 Å². The Kier molecular flexibility index (Phi) is 5.31. The zero-order chi connectivity index (χ0) is 17.0. The summed E-state index contributed by atoms with van der Waals surface area (Å²) in [5.41, 5.74) is 1.62. The molecule has 0 aromatic heterocycles. The molecule has 0 heterocycles. The predicted octanol–water partition coefficient (Wildman–Crippen LogP) is 4.40. The van der Waals surface area contributed by atoms with E-state index in [0.717, 1.165) is 5.56 Å². The van der Waals surface area contributed by atoms with Gasteiger partial charge in [0.1, 0.15) is 5.75 Å². The van der Waals surface area contributed by atoms with Crippen molar-refractivity contribution in [3.05, 3.63) is 54.1 Å². The molecule has 0 fully saturated rings. The van der Waals surface area contributed by atoms with Gasteiger partial charge >= 0.3 is 0 Å². The van der Waals surface area contributed by atoms with Crippen molar-refractivity contribution in [2.75, 3.05) is 4.72 Å². The molecule has 0 saturated heterocycles. The van der Waals surface area contributed by atoms with Crippen molar-refractivity contribution >= 4 is 15.7 Å². The molecule has 0 saturated carbocycles. The maximum Gasteiger partial charge on any atom is 0.261 e. The Bertz CT molecular complexity index is 733. The average Bonchev–Trinajstić information content (AvgIpc) is 2.48. The molecule has 0 unspecified atom stereocenters. The SMILES string of the molecule is CC(C)Oc1ccc(NS(=O)(=O)c2ccc(C(C)C)cc2)cc1. The van der Waals surface area contributed by atoms with E-state index in [0.29, 0.717) is 17.4 Å². The lowest BCUT2D eigenvalue weighted by atomic mass is 10.0. The van der Waals surface area contributed by atoms with E-state index in [9.17, 15) is 8.42 Å². The van der Waals surface area contributed by atoms with E-state index in [1.165, 1.54) is 0 Å². The fraction of sp³-hybridized carbons (Fsp3) is 0.333. The van der Waals surface area contributed by atoms with Crippen molar-refractivity contribution < 1.29 is 13.2 Å². The zero-order valence-corrected chi connectivity index (χ0v) is 14.7. The number of rotatable bonds is 6. The largest absolute Gasteiger partial charge is 0.491 e. The van der Waals surface area contributed by atoms with Crippen LogP contribution < -0.4 is 9.46 Å². The number of hydrogen-bond donors (Lipinski definition) is 1. The lowest BCUT2D eigenvalue weighted by Gasteiger charge is -2.12. The molecular formula is C18H23NO3S. The molecule has 0 aliphatic carbocycles. The molecule has 0 bridgehead atoms. The normalized spacial score (nSPS) is 11.7. The van der Waals surface area contributed by atoms with E-state index in [1.807, 2.05) is 26.0 Å². The van der Waals surface area contributed by atoms with Crippen LogP contribution in [-0.2, 0) is 10.0 Å². The molecule has 5 heteroatoms. The summed E-state index contributed by atoms with van der Waals surface area (Å²) in [6, 6.07) is 13.8. The Morgan fingerprint density at radius 3 is 1.91 bits per heavy atom. The van der Waals surface area contributed by atoms with Gasteiger partial charge in [0.15, 0.2) is 0 Å². The molecule has 23 heavy (non-hydrogen) atoms. The molecule has 124 valence electrons. The van der Waals surface area contributed by atoms with Gasteiger partial charge in [0, 0.05) is 5.69 Å². The van der Waals surface area contributed by atoms with Crippen LogP contribution in [0.25, 0.3) is 0 Å². The van der Waals surface area contributed by atoms with Crippen LogP contribution in [0.2, 0.25) is 0 Å². The van der Waals surface area contributed by atoms with Crippen LogP contribution in [0.4, 0.5) is 5.69 Å². The van der Waals surface area contributed by atoms with E-state index >= 15 is 0 Å². The van der Waals surface area contributed by atoms with Gasteiger partial charge in [0.2, 0.25) is 0 Å². The summed E-state index contributed by atoms with van der Waals surface area (Å²) in [6.07, 6.45) is 0.0806. The van der Waals surface area contributed by atoms with Gasteiger partial charge in [-0.3, -0.25) is 4.72 Å². The van der Waals surface area contributed by atoms with Crippen LogP contribution in [0.5, 0.6) is 5.75 Å². The minimum Gasteiger partial charge on any atom is -0.491 e. The van der Waals surface area contributed by atoms with Crippen LogP contribution in [0.3, 0.4) is 0 Å². The summed E-state index contributed by atoms with van der Waals surface area (Å²) >= 11 is 0. The molecule has 2 rings (SSSR count). The number of hydrogen-bond acceptors (Lipinski definition) is 3. The molecular weight excluding hydrogens is 310 g/mol. The Morgan fingerprint density at radius 2 is 1.43 bits per heavy atom. The van der Waals surface area contributed by atoms with Crippen LogP contribution >= 0.6 is 0 Å². The molecule has 0 aliphatic heterocycles. The first-order chi connectivity index (χ1) is 10.8. The van der Waals surface area contributed by atoms with Gasteiger partial charge in [-0.25, -0.2) is 8.42 Å². The van der Waals surface area contributed by atoms with Crippen LogP contribution in [0.15, 0.2) is 53.4 Å². The fourth-order valence-electron chi connectivity index (χ4n) is 2.12. The second-order valence-electron chi connectivity index (χ2n) is 6.02. The summed E-state index contributed by atoms with van der Waals surface area (Å²) in [5.74, 6) is 1.08. The molecule has 0 amide bonds. The Balaban J connectivity index is 2.14. The maximum atomic E-state index is 12.4. The van der Waals surface area contributed by atoms with Crippen molar-refractivity contribution in [1.29, 1.82) is 0 Å². The zero-order valence-electron chi connectivity index (χ0n) is 13.9. The number of ether oxygens (including phenoxy) is 1. The number of nitrogens with one attached hydrogen (secondary N) is 1. The molecule has 0 atom stereocenters. The van der Waals surface area contributed by atoms with Gasteiger partial charge in [-0.05, 0) is 61.7 Å². The van der Waals surface area contributed by atoms with E-state index in [4.69, 9.17) is 4.74 Å². The third-order valence-corrected chi connectivity index (χ3v) is 4.73. The van der Waals surface area contributed by atoms with Gasteiger partial charge in [0.05, 0.1) is 11.0 Å². The van der Waals surface area contributed by atoms with Gasteiger partial charge < -0.3 is 4.74 Å². The van der Waals surface area contributed by atoms with Crippen LogP contribution in [-0.4, -0.2) is 14.5 Å². The molecule has 4 nitrogen and oxygen atoms in total. The summed E-state index contributed by atoms with van der Waals surface area (Å²) in [6.45, 7) is 8.03. The highest BCUT2D eigenvalue weighted by molar-refractivity contribution is 7.92. The van der Waals surface area contributed by atoms with Gasteiger partial charge in [0.25, 0.3) is 10.0 Å². The van der Waals surface area contributed by atoms with E-state index < -0.39 is 10.0 Å². The lowest BCUT2D eigenvalue weighted by Crippen LogP contribution is -2.13. The average molecular weight is 333 g/mol. The highest BCUT2D eigenvalue weighted by Crippen LogP contribution is 2.22. The predicted molar refractivity (Wildman–Crippen MR) is 93.5 cm³/mol. The van der Waals surface area contributed by atoms with E-state index in [2.05, 4.69) is 18.6 Å². The standard InChI is InChI=1S/C18H23NO3S/c1-13(2)15-5-11-18(12-6-15)23(20,21)19-16-7-9-17(10-8-16)22-14(3)4/h5-14,19H,1-4H3. The smallest absolute Gasteiger partial charge is 0.261 e. The Morgan fingerprint density at radius 1 is 0.870 bits per heavy atom. The van der Waals surface area contributed by atoms with Crippen molar-refractivity contribution in [3.8, 4) is 5.75 Å². The quantitative estimate of drug-likeness (QED) is 0.852. The van der Waals surface area contributed by atoms with Gasteiger partial charge in [-0.2, -0.15) is 0 Å². The Hall–Kier alpha value is -2.01. The molecule has 0 aliphatic rings. The highest BCUT2D eigenvalue weighted by Gasteiger charge is 2.14. The molecule has 2 aromatic rings. The first-order valence-corrected chi connectivity index (χ1v) is 9.16. The third-order valence-electron chi connectivity index (χ3n) is 3.34. The molecule has 0 spiro atoms. The first-order valence-electron chi connectivity index (χ1n) is 7.67. The Labute approximate surface area is 138 Å². The topological polar surface area (TPSA) is 55.4 Å². The summed E-state index contributed by atoms with van der Waals surface area (Å²) in [5, 5.41) is 0. The molecule has 0 radical (unpaired) electrons. The van der Waals surface area contributed by atoms with Crippen molar-refractivity contribution in [2.45, 2.75) is 44.6 Å². The fourth-order valence-corrected chi connectivity index (χ4v) is 3.18. The lowest BCUT2D eigenvalue weighted by molar-refractivity contribution is 0.242. The molecule has 2 aromatic carbocycles. The van der Waals surface area contributed by atoms with E-state index in [1.54, 1.807) is 36.4 Å². The monoisotopic (exact) mass is 333 g/mol. The van der Waals surface area contributed by atoms with Crippen LogP contribution in [0, 0.1) is 0 Å². The summed E-state index contributed by atoms with van der Waals surface area (Å²) in [7, 11) is -3.58.